The van der Waals surface area contributed by atoms with E-state index in [1.165, 1.54) is 0 Å². The molecule has 1 amide bonds. The van der Waals surface area contributed by atoms with Crippen molar-refractivity contribution in [1.82, 2.24) is 5.32 Å². The number of nitrogens with one attached hydrogen (secondary N) is 1. The van der Waals surface area contributed by atoms with E-state index >= 15 is 0 Å². The number of benzene rings is 2. The Kier molecular flexibility index (Phi) is 6.37. The summed E-state index contributed by atoms with van der Waals surface area (Å²) in [7, 11) is 1.60. The second-order valence-electron chi connectivity index (χ2n) is 5.30. The first kappa shape index (κ1) is 17.7. The molecule has 0 spiro atoms. The van der Waals surface area contributed by atoms with Crippen molar-refractivity contribution in [2.75, 3.05) is 7.11 Å². The molecule has 0 radical (unpaired) electrons. The van der Waals surface area contributed by atoms with E-state index in [-0.39, 0.29) is 5.91 Å². The van der Waals surface area contributed by atoms with Gasteiger partial charge in [0, 0.05) is 27.3 Å². The molecule has 122 valence electrons. The minimum absolute atomic E-state index is 0.101. The van der Waals surface area contributed by atoms with Gasteiger partial charge >= 0.3 is 0 Å². The number of amides is 1. The number of hydrogen-bond acceptors (Lipinski definition) is 3. The summed E-state index contributed by atoms with van der Waals surface area (Å²) in [5, 5.41) is 3.97. The van der Waals surface area contributed by atoms with Crippen LogP contribution in [0.15, 0.2) is 47.4 Å². The number of hydrogen-bond donors (Lipinski definition) is 1. The molecule has 0 aliphatic heterocycles. The van der Waals surface area contributed by atoms with Gasteiger partial charge < -0.3 is 10.1 Å². The van der Waals surface area contributed by atoms with Gasteiger partial charge in [-0.25, -0.2) is 0 Å². The Balaban J connectivity index is 2.13. The van der Waals surface area contributed by atoms with Crippen molar-refractivity contribution in [2.24, 2.45) is 0 Å². The summed E-state index contributed by atoms with van der Waals surface area (Å²) in [6.45, 7) is 4.58. The lowest BCUT2D eigenvalue weighted by Crippen LogP contribution is -2.23. The molecule has 0 atom stereocenters. The van der Waals surface area contributed by atoms with Gasteiger partial charge in [0.15, 0.2) is 0 Å². The van der Waals surface area contributed by atoms with Gasteiger partial charge in [0.1, 0.15) is 5.75 Å². The molecule has 23 heavy (non-hydrogen) atoms. The van der Waals surface area contributed by atoms with Gasteiger partial charge in [0.05, 0.1) is 12.7 Å². The quantitative estimate of drug-likeness (QED) is 0.763. The zero-order valence-electron chi connectivity index (χ0n) is 13.4. The van der Waals surface area contributed by atoms with Crippen molar-refractivity contribution < 1.29 is 9.53 Å². The zero-order valence-corrected chi connectivity index (χ0v) is 15.0. The lowest BCUT2D eigenvalue weighted by molar-refractivity contribution is 0.0948. The summed E-state index contributed by atoms with van der Waals surface area (Å²) in [5.74, 6) is 0.607. The fourth-order valence-electron chi connectivity index (χ4n) is 2.17. The predicted molar refractivity (Wildman–Crippen MR) is 96.6 cm³/mol. The fourth-order valence-corrected chi connectivity index (χ4v) is 3.31. The molecule has 2 rings (SSSR count). The second-order valence-corrected chi connectivity index (χ2v) is 7.36. The Morgan fingerprint density at radius 1 is 1.26 bits per heavy atom. The second kappa shape index (κ2) is 8.27. The number of thioether (sulfide) groups is 1. The molecule has 0 saturated heterocycles. The average Bonchev–Trinajstić information content (AvgIpc) is 2.52. The molecule has 0 aliphatic rings. The number of carbonyl (C=O) groups is 1. The highest BCUT2D eigenvalue weighted by molar-refractivity contribution is 8.00. The van der Waals surface area contributed by atoms with Crippen LogP contribution in [0.3, 0.4) is 0 Å². The highest BCUT2D eigenvalue weighted by atomic mass is 35.5. The fraction of sp³-hybridized carbons (Fsp3) is 0.278. The van der Waals surface area contributed by atoms with E-state index in [4.69, 9.17) is 16.3 Å². The monoisotopic (exact) mass is 349 g/mol. The molecule has 1 N–H and O–H groups in total. The van der Waals surface area contributed by atoms with E-state index in [1.807, 2.05) is 24.3 Å². The van der Waals surface area contributed by atoms with Crippen LogP contribution in [0, 0.1) is 0 Å². The maximum atomic E-state index is 12.5. The third-order valence-electron chi connectivity index (χ3n) is 3.18. The standard InChI is InChI=1S/C18H20ClNO2S/c1-12(2)23-17-7-5-4-6-15(17)18(21)20-11-13-10-14(19)8-9-16(13)22-3/h4-10,12H,11H2,1-3H3,(H,20,21). The molecule has 0 unspecified atom stereocenters. The lowest BCUT2D eigenvalue weighted by Gasteiger charge is -2.13. The summed E-state index contributed by atoms with van der Waals surface area (Å²) in [5.41, 5.74) is 1.54. The highest BCUT2D eigenvalue weighted by Gasteiger charge is 2.13. The SMILES string of the molecule is COc1ccc(Cl)cc1CNC(=O)c1ccccc1SC(C)C. The van der Waals surface area contributed by atoms with Gasteiger partial charge in [0.2, 0.25) is 0 Å². The van der Waals surface area contributed by atoms with E-state index in [1.54, 1.807) is 37.1 Å². The third-order valence-corrected chi connectivity index (χ3v) is 4.49. The van der Waals surface area contributed by atoms with Crippen LogP contribution in [-0.4, -0.2) is 18.3 Å². The predicted octanol–water partition coefficient (Wildman–Crippen LogP) is 4.78. The maximum absolute atomic E-state index is 12.5. The summed E-state index contributed by atoms with van der Waals surface area (Å²) in [6, 6.07) is 13.0. The number of methoxy groups -OCH3 is 1. The van der Waals surface area contributed by atoms with Crippen molar-refractivity contribution in [3.05, 3.63) is 58.6 Å². The van der Waals surface area contributed by atoms with Gasteiger partial charge in [-0.2, -0.15) is 0 Å². The first-order chi connectivity index (χ1) is 11.0. The molecule has 3 nitrogen and oxygen atoms in total. The Hall–Kier alpha value is -1.65. The Morgan fingerprint density at radius 3 is 2.70 bits per heavy atom. The minimum atomic E-state index is -0.101. The zero-order chi connectivity index (χ0) is 16.8. The van der Waals surface area contributed by atoms with Crippen LogP contribution in [-0.2, 0) is 6.54 Å². The molecule has 2 aromatic rings. The number of ether oxygens (including phenoxy) is 1. The molecular formula is C18H20ClNO2S. The number of halogens is 1. The van der Waals surface area contributed by atoms with Crippen molar-refractivity contribution in [1.29, 1.82) is 0 Å². The summed E-state index contributed by atoms with van der Waals surface area (Å²) in [6.07, 6.45) is 0. The van der Waals surface area contributed by atoms with Crippen LogP contribution in [0.25, 0.3) is 0 Å². The van der Waals surface area contributed by atoms with Gasteiger partial charge in [-0.1, -0.05) is 37.6 Å². The van der Waals surface area contributed by atoms with Crippen molar-refractivity contribution in [3.63, 3.8) is 0 Å². The highest BCUT2D eigenvalue weighted by Crippen LogP contribution is 2.27. The van der Waals surface area contributed by atoms with Gasteiger partial charge in [-0.15, -0.1) is 11.8 Å². The van der Waals surface area contributed by atoms with Gasteiger partial charge in [-0.05, 0) is 30.3 Å². The lowest BCUT2D eigenvalue weighted by atomic mass is 10.1. The molecule has 0 aliphatic carbocycles. The molecule has 0 fully saturated rings. The topological polar surface area (TPSA) is 38.3 Å². The molecule has 2 aromatic carbocycles. The van der Waals surface area contributed by atoms with E-state index in [0.717, 1.165) is 10.5 Å². The van der Waals surface area contributed by atoms with Crippen molar-refractivity contribution in [3.8, 4) is 5.75 Å². The van der Waals surface area contributed by atoms with Crippen LogP contribution < -0.4 is 10.1 Å². The average molecular weight is 350 g/mol. The van der Waals surface area contributed by atoms with E-state index in [2.05, 4.69) is 19.2 Å². The molecule has 5 heteroatoms. The first-order valence-corrected chi connectivity index (χ1v) is 8.63. The summed E-state index contributed by atoms with van der Waals surface area (Å²) >= 11 is 7.70. The number of rotatable bonds is 6. The Labute approximate surface area is 146 Å². The largest absolute Gasteiger partial charge is 0.496 e. The smallest absolute Gasteiger partial charge is 0.252 e. The van der Waals surface area contributed by atoms with Gasteiger partial charge in [-0.3, -0.25) is 4.79 Å². The third kappa shape index (κ3) is 4.91. The van der Waals surface area contributed by atoms with Gasteiger partial charge in [0.25, 0.3) is 5.91 Å². The van der Waals surface area contributed by atoms with E-state index in [0.29, 0.717) is 28.1 Å². The van der Waals surface area contributed by atoms with Crippen LogP contribution in [0.5, 0.6) is 5.75 Å². The van der Waals surface area contributed by atoms with Crippen LogP contribution in [0.2, 0.25) is 5.02 Å². The molecule has 0 aromatic heterocycles. The van der Waals surface area contributed by atoms with Crippen molar-refractivity contribution >= 4 is 29.3 Å². The maximum Gasteiger partial charge on any atom is 0.252 e. The van der Waals surface area contributed by atoms with E-state index in [9.17, 15) is 4.79 Å². The van der Waals surface area contributed by atoms with Crippen LogP contribution in [0.4, 0.5) is 0 Å². The normalized spacial score (nSPS) is 10.7. The van der Waals surface area contributed by atoms with Crippen LogP contribution >= 0.6 is 23.4 Å². The summed E-state index contributed by atoms with van der Waals surface area (Å²) < 4.78 is 5.30. The van der Waals surface area contributed by atoms with Crippen LogP contribution in [0.1, 0.15) is 29.8 Å². The molecular weight excluding hydrogens is 330 g/mol. The van der Waals surface area contributed by atoms with E-state index < -0.39 is 0 Å². The molecule has 0 saturated carbocycles. The summed E-state index contributed by atoms with van der Waals surface area (Å²) in [4.78, 5) is 13.5. The Morgan fingerprint density at radius 2 is 2.00 bits per heavy atom. The molecule has 0 heterocycles. The molecule has 0 bridgehead atoms. The Bertz CT molecular complexity index is 688. The first-order valence-electron chi connectivity index (χ1n) is 7.37. The number of carbonyl (C=O) groups excluding carboxylic acids is 1. The minimum Gasteiger partial charge on any atom is -0.496 e. The van der Waals surface area contributed by atoms with Crippen molar-refractivity contribution in [2.45, 2.75) is 30.5 Å².